The van der Waals surface area contributed by atoms with Crippen molar-refractivity contribution in [2.45, 2.75) is 14.9 Å². The summed E-state index contributed by atoms with van der Waals surface area (Å²) in [6, 6.07) is 6.21. The summed E-state index contributed by atoms with van der Waals surface area (Å²) in [5.41, 5.74) is 6.31. The average molecular weight is 296 g/mol. The SMILES string of the molecule is CNS(=O)(=O)c1ccc(N)c(Sc2ncccn2)c1. The molecule has 0 saturated carbocycles. The average Bonchev–Trinajstić information content (AvgIpc) is 2.42. The van der Waals surface area contributed by atoms with Gasteiger partial charge in [0.1, 0.15) is 0 Å². The Morgan fingerprint density at radius 3 is 2.58 bits per heavy atom. The molecule has 1 heterocycles. The molecule has 6 nitrogen and oxygen atoms in total. The van der Waals surface area contributed by atoms with E-state index in [9.17, 15) is 8.42 Å². The van der Waals surface area contributed by atoms with Crippen LogP contribution in [0.3, 0.4) is 0 Å². The highest BCUT2D eigenvalue weighted by Crippen LogP contribution is 2.31. The molecule has 0 atom stereocenters. The smallest absolute Gasteiger partial charge is 0.240 e. The first-order valence-electron chi connectivity index (χ1n) is 5.31. The fourth-order valence-corrected chi connectivity index (χ4v) is 2.95. The van der Waals surface area contributed by atoms with Crippen LogP contribution in [0.5, 0.6) is 0 Å². The Morgan fingerprint density at radius 1 is 1.26 bits per heavy atom. The van der Waals surface area contributed by atoms with Crippen molar-refractivity contribution >= 4 is 27.5 Å². The number of aromatic nitrogens is 2. The number of benzene rings is 1. The monoisotopic (exact) mass is 296 g/mol. The van der Waals surface area contributed by atoms with E-state index < -0.39 is 10.0 Å². The van der Waals surface area contributed by atoms with Gasteiger partial charge in [-0.05, 0) is 43.1 Å². The molecule has 0 spiro atoms. The number of hydrogen-bond acceptors (Lipinski definition) is 6. The topological polar surface area (TPSA) is 98.0 Å². The van der Waals surface area contributed by atoms with Gasteiger partial charge >= 0.3 is 0 Å². The summed E-state index contributed by atoms with van der Waals surface area (Å²) in [4.78, 5) is 8.87. The van der Waals surface area contributed by atoms with Crippen molar-refractivity contribution in [3.63, 3.8) is 0 Å². The third kappa shape index (κ3) is 3.22. The molecule has 100 valence electrons. The molecule has 3 N–H and O–H groups in total. The van der Waals surface area contributed by atoms with Crippen LogP contribution in [0.4, 0.5) is 5.69 Å². The molecule has 0 aliphatic rings. The molecule has 0 bridgehead atoms. The van der Waals surface area contributed by atoms with Crippen molar-refractivity contribution in [3.05, 3.63) is 36.7 Å². The van der Waals surface area contributed by atoms with E-state index in [1.807, 2.05) is 0 Å². The van der Waals surface area contributed by atoms with Crippen molar-refractivity contribution in [1.29, 1.82) is 0 Å². The Balaban J connectivity index is 2.38. The summed E-state index contributed by atoms with van der Waals surface area (Å²) in [6.45, 7) is 0. The molecule has 19 heavy (non-hydrogen) atoms. The summed E-state index contributed by atoms with van der Waals surface area (Å²) >= 11 is 1.22. The summed E-state index contributed by atoms with van der Waals surface area (Å²) < 4.78 is 25.7. The molecule has 2 rings (SSSR count). The summed E-state index contributed by atoms with van der Waals surface area (Å²) in [7, 11) is -2.13. The van der Waals surface area contributed by atoms with Crippen molar-refractivity contribution in [2.75, 3.05) is 12.8 Å². The van der Waals surface area contributed by atoms with E-state index >= 15 is 0 Å². The summed E-state index contributed by atoms with van der Waals surface area (Å²) in [6.07, 6.45) is 3.22. The van der Waals surface area contributed by atoms with Gasteiger partial charge in [-0.25, -0.2) is 23.1 Å². The van der Waals surface area contributed by atoms with Gasteiger partial charge in [0.05, 0.1) is 4.90 Å². The van der Waals surface area contributed by atoms with Crippen LogP contribution >= 0.6 is 11.8 Å². The molecule has 0 fully saturated rings. The highest BCUT2D eigenvalue weighted by Gasteiger charge is 2.14. The van der Waals surface area contributed by atoms with Crippen molar-refractivity contribution < 1.29 is 8.42 Å². The molecule has 0 unspecified atom stereocenters. The van der Waals surface area contributed by atoms with Crippen LogP contribution in [0, 0.1) is 0 Å². The van der Waals surface area contributed by atoms with E-state index in [1.54, 1.807) is 24.5 Å². The van der Waals surface area contributed by atoms with Crippen LogP contribution in [-0.4, -0.2) is 25.4 Å². The van der Waals surface area contributed by atoms with E-state index in [2.05, 4.69) is 14.7 Å². The number of nitrogens with two attached hydrogens (primary N) is 1. The number of rotatable bonds is 4. The Morgan fingerprint density at radius 2 is 1.95 bits per heavy atom. The Kier molecular flexibility index (Phi) is 4.03. The van der Waals surface area contributed by atoms with Crippen molar-refractivity contribution in [1.82, 2.24) is 14.7 Å². The molecule has 8 heteroatoms. The lowest BCUT2D eigenvalue weighted by Crippen LogP contribution is -2.18. The maximum absolute atomic E-state index is 11.7. The molecule has 2 aromatic rings. The zero-order valence-electron chi connectivity index (χ0n) is 10.1. The van der Waals surface area contributed by atoms with Crippen LogP contribution in [0.15, 0.2) is 51.6 Å². The fourth-order valence-electron chi connectivity index (χ4n) is 1.32. The highest BCUT2D eigenvalue weighted by atomic mass is 32.2. The fraction of sp³-hybridized carbons (Fsp3) is 0.0909. The lowest BCUT2D eigenvalue weighted by Gasteiger charge is -2.07. The number of anilines is 1. The third-order valence-electron chi connectivity index (χ3n) is 2.31. The van der Waals surface area contributed by atoms with Crippen LogP contribution in [0.1, 0.15) is 0 Å². The van der Waals surface area contributed by atoms with Crippen LogP contribution in [0.2, 0.25) is 0 Å². The van der Waals surface area contributed by atoms with Gasteiger partial charge in [-0.15, -0.1) is 0 Å². The first kappa shape index (κ1) is 13.8. The Labute approximate surface area is 115 Å². The number of sulfonamides is 1. The lowest BCUT2D eigenvalue weighted by atomic mass is 10.3. The molecule has 0 amide bonds. The van der Waals surface area contributed by atoms with Gasteiger partial charge in [0.25, 0.3) is 0 Å². The predicted octanol–water partition coefficient (Wildman–Crippen LogP) is 1.12. The number of nitrogen functional groups attached to an aromatic ring is 1. The van der Waals surface area contributed by atoms with Gasteiger partial charge in [-0.2, -0.15) is 0 Å². The molecular formula is C11H12N4O2S2. The zero-order valence-corrected chi connectivity index (χ0v) is 11.7. The van der Waals surface area contributed by atoms with E-state index in [0.717, 1.165) is 0 Å². The Bertz CT molecular complexity index is 674. The van der Waals surface area contributed by atoms with Gasteiger partial charge < -0.3 is 5.73 Å². The minimum Gasteiger partial charge on any atom is -0.398 e. The second kappa shape index (κ2) is 5.55. The second-order valence-corrected chi connectivity index (χ2v) is 6.44. The minimum absolute atomic E-state index is 0.155. The van der Waals surface area contributed by atoms with Crippen LogP contribution in [-0.2, 0) is 10.0 Å². The van der Waals surface area contributed by atoms with E-state index in [1.165, 1.54) is 30.9 Å². The summed E-state index contributed by atoms with van der Waals surface area (Å²) in [5, 5.41) is 0.508. The molecular weight excluding hydrogens is 284 g/mol. The van der Waals surface area contributed by atoms with Gasteiger partial charge in [-0.1, -0.05) is 0 Å². The standard InChI is InChI=1S/C11H12N4O2S2/c1-13-19(16,17)8-3-4-9(12)10(7-8)18-11-14-5-2-6-15-11/h2-7,13H,12H2,1H3. The summed E-state index contributed by atoms with van der Waals surface area (Å²) in [5.74, 6) is 0. The number of nitrogens with one attached hydrogen (secondary N) is 1. The van der Waals surface area contributed by atoms with E-state index in [0.29, 0.717) is 15.7 Å². The van der Waals surface area contributed by atoms with Crippen molar-refractivity contribution in [2.24, 2.45) is 0 Å². The number of hydrogen-bond donors (Lipinski definition) is 2. The highest BCUT2D eigenvalue weighted by molar-refractivity contribution is 7.99. The lowest BCUT2D eigenvalue weighted by molar-refractivity contribution is 0.588. The van der Waals surface area contributed by atoms with Gasteiger partial charge in [0.2, 0.25) is 10.0 Å². The maximum Gasteiger partial charge on any atom is 0.240 e. The van der Waals surface area contributed by atoms with Gasteiger partial charge in [0, 0.05) is 23.0 Å². The molecule has 0 aliphatic heterocycles. The number of nitrogens with zero attached hydrogens (tertiary/aromatic N) is 2. The van der Waals surface area contributed by atoms with E-state index in [-0.39, 0.29) is 4.90 Å². The first-order chi connectivity index (χ1) is 9.03. The van der Waals surface area contributed by atoms with Crippen molar-refractivity contribution in [3.8, 4) is 0 Å². The van der Waals surface area contributed by atoms with Gasteiger partial charge in [-0.3, -0.25) is 0 Å². The second-order valence-electron chi connectivity index (χ2n) is 3.54. The molecule has 1 aromatic heterocycles. The van der Waals surface area contributed by atoms with E-state index in [4.69, 9.17) is 5.73 Å². The largest absolute Gasteiger partial charge is 0.398 e. The Hall–Kier alpha value is -1.64. The molecule has 0 aliphatic carbocycles. The normalized spacial score (nSPS) is 11.4. The van der Waals surface area contributed by atoms with Crippen LogP contribution < -0.4 is 10.5 Å². The third-order valence-corrected chi connectivity index (χ3v) is 4.69. The molecule has 1 aromatic carbocycles. The predicted molar refractivity (Wildman–Crippen MR) is 73.3 cm³/mol. The molecule has 0 saturated heterocycles. The maximum atomic E-state index is 11.7. The minimum atomic E-state index is -3.49. The van der Waals surface area contributed by atoms with Crippen LogP contribution in [0.25, 0.3) is 0 Å². The molecule has 0 radical (unpaired) electrons. The zero-order chi connectivity index (χ0) is 13.9. The van der Waals surface area contributed by atoms with Gasteiger partial charge in [0.15, 0.2) is 5.16 Å². The first-order valence-corrected chi connectivity index (χ1v) is 7.61. The quantitative estimate of drug-likeness (QED) is 0.648.